The summed E-state index contributed by atoms with van der Waals surface area (Å²) in [7, 11) is 1.48. The molecule has 0 bridgehead atoms. The Morgan fingerprint density at radius 2 is 1.62 bits per heavy atom. The highest BCUT2D eigenvalue weighted by Gasteiger charge is 2.38. The van der Waals surface area contributed by atoms with Crippen LogP contribution in [-0.4, -0.2) is 30.1 Å². The van der Waals surface area contributed by atoms with Crippen molar-refractivity contribution >= 4 is 17.5 Å². The number of phenolic OH excluding ortho intramolecular Hbond substituents is 1. The molecule has 0 atom stereocenters. The third-order valence-electron chi connectivity index (χ3n) is 4.89. The van der Waals surface area contributed by atoms with Crippen molar-refractivity contribution in [3.05, 3.63) is 47.5 Å². The summed E-state index contributed by atoms with van der Waals surface area (Å²) in [6.07, 6.45) is 4.19. The van der Waals surface area contributed by atoms with Crippen LogP contribution < -0.4 is 14.4 Å². The molecule has 2 aromatic rings. The number of fused-ring (bicyclic) bond motifs is 1. The fourth-order valence-corrected chi connectivity index (χ4v) is 3.56. The first-order chi connectivity index (χ1) is 12.6. The van der Waals surface area contributed by atoms with Crippen molar-refractivity contribution in [1.82, 2.24) is 0 Å². The molecule has 1 N–H and O–H groups in total. The smallest absolute Gasteiger partial charge is 0.266 e. The van der Waals surface area contributed by atoms with Crippen LogP contribution in [0.5, 0.6) is 17.2 Å². The minimum Gasteiger partial charge on any atom is -0.506 e. The Morgan fingerprint density at radius 3 is 2.19 bits per heavy atom. The Balaban J connectivity index is 1.75. The number of ether oxygens (including phenoxy) is 2. The zero-order valence-corrected chi connectivity index (χ0v) is 14.4. The van der Waals surface area contributed by atoms with Crippen molar-refractivity contribution in [3.8, 4) is 17.2 Å². The summed E-state index contributed by atoms with van der Waals surface area (Å²) in [6, 6.07) is 9.50. The van der Waals surface area contributed by atoms with E-state index in [1.54, 1.807) is 24.3 Å². The molecular formula is C20H19NO5. The molecule has 6 heteroatoms. The Bertz CT molecular complexity index is 851. The van der Waals surface area contributed by atoms with Gasteiger partial charge in [-0.3, -0.25) is 9.59 Å². The Hall–Kier alpha value is -3.02. The van der Waals surface area contributed by atoms with Gasteiger partial charge < -0.3 is 14.6 Å². The average molecular weight is 353 g/mol. The first kappa shape index (κ1) is 16.4. The zero-order chi connectivity index (χ0) is 18.3. The number of hydrogen-bond acceptors (Lipinski definition) is 5. The van der Waals surface area contributed by atoms with Crippen molar-refractivity contribution in [3.63, 3.8) is 0 Å². The molecule has 1 aliphatic carbocycles. The lowest BCUT2D eigenvalue weighted by Crippen LogP contribution is -2.29. The summed E-state index contributed by atoms with van der Waals surface area (Å²) in [5, 5.41) is 10.4. The summed E-state index contributed by atoms with van der Waals surface area (Å²) in [5.41, 5.74) is 0.752. The Morgan fingerprint density at radius 1 is 1.00 bits per heavy atom. The van der Waals surface area contributed by atoms with Crippen molar-refractivity contribution in [2.45, 2.75) is 31.8 Å². The van der Waals surface area contributed by atoms with Crippen LogP contribution in [0, 0.1) is 0 Å². The van der Waals surface area contributed by atoms with Crippen molar-refractivity contribution in [1.29, 1.82) is 0 Å². The number of amides is 2. The highest BCUT2D eigenvalue weighted by atomic mass is 16.5. The minimum absolute atomic E-state index is 0.0727. The Labute approximate surface area is 151 Å². The number of rotatable bonds is 4. The van der Waals surface area contributed by atoms with Crippen LogP contribution in [-0.2, 0) is 0 Å². The van der Waals surface area contributed by atoms with E-state index in [1.165, 1.54) is 19.2 Å². The molecule has 0 aromatic heterocycles. The number of phenols is 1. The summed E-state index contributed by atoms with van der Waals surface area (Å²) in [4.78, 5) is 26.4. The maximum Gasteiger partial charge on any atom is 0.266 e. The van der Waals surface area contributed by atoms with Crippen molar-refractivity contribution in [2.24, 2.45) is 0 Å². The summed E-state index contributed by atoms with van der Waals surface area (Å²) in [5.74, 6) is -0.343. The van der Waals surface area contributed by atoms with Gasteiger partial charge in [0.1, 0.15) is 5.75 Å². The fraction of sp³-hybridized carbons (Fsp3) is 0.300. The molecule has 1 saturated carbocycles. The van der Waals surface area contributed by atoms with Crippen LogP contribution in [0.3, 0.4) is 0 Å². The van der Waals surface area contributed by atoms with E-state index in [1.807, 2.05) is 0 Å². The molecule has 134 valence electrons. The predicted molar refractivity (Wildman–Crippen MR) is 95.1 cm³/mol. The second kappa shape index (κ2) is 6.37. The molecular weight excluding hydrogens is 334 g/mol. The second-order valence-corrected chi connectivity index (χ2v) is 6.51. The molecule has 0 saturated heterocycles. The molecule has 1 fully saturated rings. The van der Waals surface area contributed by atoms with Crippen LogP contribution in [0.4, 0.5) is 5.69 Å². The molecule has 4 rings (SSSR count). The molecule has 1 heterocycles. The SMILES string of the molecule is COc1cc(O)c(N2C(=O)c3ccccc3C2=O)cc1OC1CCCC1. The van der Waals surface area contributed by atoms with E-state index in [-0.39, 0.29) is 17.5 Å². The van der Waals surface area contributed by atoms with Gasteiger partial charge >= 0.3 is 0 Å². The van der Waals surface area contributed by atoms with Gasteiger partial charge in [-0.15, -0.1) is 0 Å². The summed E-state index contributed by atoms with van der Waals surface area (Å²) in [6.45, 7) is 0. The van der Waals surface area contributed by atoms with E-state index in [0.29, 0.717) is 22.6 Å². The number of aromatic hydroxyl groups is 1. The Kier molecular flexibility index (Phi) is 4.03. The predicted octanol–water partition coefficient (Wildman–Crippen LogP) is 3.52. The molecule has 0 unspecified atom stereocenters. The number of carbonyl (C=O) groups excluding carboxylic acids is 2. The monoisotopic (exact) mass is 353 g/mol. The van der Waals surface area contributed by atoms with E-state index in [9.17, 15) is 14.7 Å². The number of nitrogens with zero attached hydrogens (tertiary/aromatic N) is 1. The van der Waals surface area contributed by atoms with Gasteiger partial charge in [-0.05, 0) is 37.8 Å². The zero-order valence-electron chi connectivity index (χ0n) is 14.4. The van der Waals surface area contributed by atoms with Crippen molar-refractivity contribution in [2.75, 3.05) is 12.0 Å². The van der Waals surface area contributed by atoms with Gasteiger partial charge in [0.25, 0.3) is 11.8 Å². The van der Waals surface area contributed by atoms with E-state index >= 15 is 0 Å². The number of anilines is 1. The molecule has 6 nitrogen and oxygen atoms in total. The van der Waals surface area contributed by atoms with E-state index < -0.39 is 11.8 Å². The number of benzene rings is 2. The fourth-order valence-electron chi connectivity index (χ4n) is 3.56. The lowest BCUT2D eigenvalue weighted by Gasteiger charge is -2.20. The second-order valence-electron chi connectivity index (χ2n) is 6.51. The highest BCUT2D eigenvalue weighted by Crippen LogP contribution is 2.43. The third kappa shape index (κ3) is 2.58. The number of imide groups is 1. The van der Waals surface area contributed by atoms with E-state index in [2.05, 4.69) is 0 Å². The number of carbonyl (C=O) groups is 2. The normalized spacial score (nSPS) is 16.9. The molecule has 1 aliphatic heterocycles. The van der Waals surface area contributed by atoms with Gasteiger partial charge in [-0.1, -0.05) is 12.1 Å². The van der Waals surface area contributed by atoms with Gasteiger partial charge in [0.15, 0.2) is 11.5 Å². The van der Waals surface area contributed by atoms with Gasteiger partial charge in [-0.2, -0.15) is 0 Å². The first-order valence-electron chi connectivity index (χ1n) is 8.65. The lowest BCUT2D eigenvalue weighted by molar-refractivity contribution is 0.0925. The number of methoxy groups -OCH3 is 1. The standard InChI is InChI=1S/C20H19NO5/c1-25-17-11-16(22)15(10-18(17)26-12-6-2-3-7-12)21-19(23)13-8-4-5-9-14(13)20(21)24/h4-5,8-12,22H,2-3,6-7H2,1H3. The first-order valence-corrected chi connectivity index (χ1v) is 8.65. The van der Waals surface area contributed by atoms with Crippen LogP contribution in [0.25, 0.3) is 0 Å². The quantitative estimate of drug-likeness (QED) is 0.851. The number of hydrogen-bond donors (Lipinski definition) is 1. The molecule has 0 spiro atoms. The van der Waals surface area contributed by atoms with Gasteiger partial charge in [0.05, 0.1) is 30.0 Å². The minimum atomic E-state index is -0.460. The maximum atomic E-state index is 12.7. The molecule has 2 aliphatic rings. The van der Waals surface area contributed by atoms with Gasteiger partial charge in [-0.25, -0.2) is 4.90 Å². The topological polar surface area (TPSA) is 76.1 Å². The summed E-state index contributed by atoms with van der Waals surface area (Å²) >= 11 is 0. The lowest BCUT2D eigenvalue weighted by atomic mass is 10.1. The van der Waals surface area contributed by atoms with E-state index in [0.717, 1.165) is 30.6 Å². The third-order valence-corrected chi connectivity index (χ3v) is 4.89. The maximum absolute atomic E-state index is 12.7. The molecule has 0 radical (unpaired) electrons. The largest absolute Gasteiger partial charge is 0.506 e. The van der Waals surface area contributed by atoms with E-state index in [4.69, 9.17) is 9.47 Å². The van der Waals surface area contributed by atoms with Crippen LogP contribution >= 0.6 is 0 Å². The van der Waals surface area contributed by atoms with Crippen molar-refractivity contribution < 1.29 is 24.2 Å². The van der Waals surface area contributed by atoms with Crippen LogP contribution in [0.1, 0.15) is 46.4 Å². The van der Waals surface area contributed by atoms with Crippen LogP contribution in [0.15, 0.2) is 36.4 Å². The van der Waals surface area contributed by atoms with Gasteiger partial charge in [0.2, 0.25) is 0 Å². The highest BCUT2D eigenvalue weighted by molar-refractivity contribution is 6.34. The molecule has 2 aromatic carbocycles. The average Bonchev–Trinajstić information content (AvgIpc) is 3.24. The van der Waals surface area contributed by atoms with Gasteiger partial charge in [0, 0.05) is 12.1 Å². The van der Waals surface area contributed by atoms with Crippen LogP contribution in [0.2, 0.25) is 0 Å². The molecule has 26 heavy (non-hydrogen) atoms. The summed E-state index contributed by atoms with van der Waals surface area (Å²) < 4.78 is 11.3. The molecule has 2 amide bonds.